The van der Waals surface area contributed by atoms with Crippen LogP contribution in [0.2, 0.25) is 0 Å². The minimum Gasteiger partial charge on any atom is -0.507 e. The monoisotopic (exact) mass is 396 g/mol. The Balaban J connectivity index is 1.38. The number of phenolic OH excluding ortho intramolecular Hbond substituents is 1. The molecule has 0 spiro atoms. The first-order valence-corrected chi connectivity index (χ1v) is 10.6. The Bertz CT molecular complexity index is 829. The Kier molecular flexibility index (Phi) is 6.09. The molecule has 0 aliphatic carbocycles. The van der Waals surface area contributed by atoms with Gasteiger partial charge in [-0.15, -0.1) is 0 Å². The number of likely N-dealkylation sites (tertiary alicyclic amines) is 1. The molecule has 0 amide bonds. The summed E-state index contributed by atoms with van der Waals surface area (Å²) in [4.78, 5) is 2.51. The fourth-order valence-corrected chi connectivity index (χ4v) is 4.75. The standard InChI is InChI=1S/C24H32N2O3/c1-16-3-8-20-21(24(16)27)13-22(29-23(20)14-25)18-9-11-26(12-10-18)15-17-4-6-19(28-2)7-5-17/h3-8,18,22-23,27H,9-15,25H2,1-2H3/t22-,23-/m0/s1. The van der Waals surface area contributed by atoms with Gasteiger partial charge in [0.15, 0.2) is 0 Å². The van der Waals surface area contributed by atoms with Gasteiger partial charge in [-0.25, -0.2) is 0 Å². The van der Waals surface area contributed by atoms with E-state index in [1.165, 1.54) is 5.56 Å². The van der Waals surface area contributed by atoms with Gasteiger partial charge >= 0.3 is 0 Å². The van der Waals surface area contributed by atoms with Crippen LogP contribution in [0, 0.1) is 12.8 Å². The second kappa shape index (κ2) is 8.74. The molecule has 0 saturated carbocycles. The molecule has 1 saturated heterocycles. The summed E-state index contributed by atoms with van der Waals surface area (Å²) in [6, 6.07) is 12.4. The van der Waals surface area contributed by atoms with E-state index in [1.54, 1.807) is 7.11 Å². The number of fused-ring (bicyclic) bond motifs is 1. The highest BCUT2D eigenvalue weighted by Gasteiger charge is 2.35. The first-order valence-electron chi connectivity index (χ1n) is 10.6. The van der Waals surface area contributed by atoms with Crippen molar-refractivity contribution in [2.24, 2.45) is 11.7 Å². The van der Waals surface area contributed by atoms with Crippen molar-refractivity contribution < 1.29 is 14.6 Å². The van der Waals surface area contributed by atoms with Crippen LogP contribution in [0.5, 0.6) is 11.5 Å². The lowest BCUT2D eigenvalue weighted by Crippen LogP contribution is -2.41. The molecule has 4 rings (SSSR count). The van der Waals surface area contributed by atoms with E-state index in [2.05, 4.69) is 23.1 Å². The van der Waals surface area contributed by atoms with Crippen LogP contribution < -0.4 is 10.5 Å². The average Bonchev–Trinajstić information content (AvgIpc) is 2.77. The van der Waals surface area contributed by atoms with Gasteiger partial charge in [-0.05, 0) is 67.6 Å². The van der Waals surface area contributed by atoms with E-state index >= 15 is 0 Å². The van der Waals surface area contributed by atoms with E-state index < -0.39 is 0 Å². The average molecular weight is 397 g/mol. The van der Waals surface area contributed by atoms with E-state index in [9.17, 15) is 5.11 Å². The molecule has 2 aliphatic heterocycles. The summed E-state index contributed by atoms with van der Waals surface area (Å²) in [6.07, 6.45) is 3.02. The number of nitrogens with zero attached hydrogens (tertiary/aromatic N) is 1. The van der Waals surface area contributed by atoms with Crippen LogP contribution in [0.1, 0.15) is 41.2 Å². The van der Waals surface area contributed by atoms with Gasteiger partial charge in [0.2, 0.25) is 0 Å². The molecule has 2 aliphatic rings. The molecule has 2 atom stereocenters. The summed E-state index contributed by atoms with van der Waals surface area (Å²) in [5.41, 5.74) is 10.3. The molecule has 0 unspecified atom stereocenters. The molecule has 2 aromatic rings. The third-order valence-corrected chi connectivity index (χ3v) is 6.55. The van der Waals surface area contributed by atoms with Gasteiger partial charge in [-0.2, -0.15) is 0 Å². The van der Waals surface area contributed by atoms with Crippen molar-refractivity contribution in [2.75, 3.05) is 26.7 Å². The van der Waals surface area contributed by atoms with Crippen molar-refractivity contribution in [3.05, 3.63) is 58.7 Å². The zero-order valence-corrected chi connectivity index (χ0v) is 17.4. The van der Waals surface area contributed by atoms with Crippen molar-refractivity contribution in [1.29, 1.82) is 0 Å². The number of ether oxygens (including phenoxy) is 2. The highest BCUT2D eigenvalue weighted by Crippen LogP contribution is 2.40. The predicted molar refractivity (Wildman–Crippen MR) is 114 cm³/mol. The summed E-state index contributed by atoms with van der Waals surface area (Å²) in [7, 11) is 1.70. The molecule has 0 bridgehead atoms. The largest absolute Gasteiger partial charge is 0.507 e. The molecule has 3 N–H and O–H groups in total. The highest BCUT2D eigenvalue weighted by molar-refractivity contribution is 5.47. The lowest BCUT2D eigenvalue weighted by Gasteiger charge is -2.40. The third-order valence-electron chi connectivity index (χ3n) is 6.55. The fourth-order valence-electron chi connectivity index (χ4n) is 4.75. The zero-order chi connectivity index (χ0) is 20.4. The summed E-state index contributed by atoms with van der Waals surface area (Å²) in [5.74, 6) is 1.82. The number of piperidine rings is 1. The second-order valence-electron chi connectivity index (χ2n) is 8.36. The summed E-state index contributed by atoms with van der Waals surface area (Å²) in [5, 5.41) is 10.6. The lowest BCUT2D eigenvalue weighted by molar-refractivity contribution is -0.0651. The van der Waals surface area contributed by atoms with E-state index in [0.717, 1.165) is 61.3 Å². The number of phenols is 1. The van der Waals surface area contributed by atoms with Gasteiger partial charge in [0.1, 0.15) is 11.5 Å². The maximum absolute atomic E-state index is 10.6. The molecular formula is C24H32N2O3. The number of benzene rings is 2. The topological polar surface area (TPSA) is 68.0 Å². The molecule has 5 heteroatoms. The molecule has 0 radical (unpaired) electrons. The van der Waals surface area contributed by atoms with Gasteiger partial charge in [0.05, 0.1) is 19.3 Å². The molecule has 156 valence electrons. The molecule has 2 aromatic carbocycles. The fraction of sp³-hybridized carbons (Fsp3) is 0.500. The Morgan fingerprint density at radius 2 is 1.86 bits per heavy atom. The number of rotatable bonds is 5. The molecule has 5 nitrogen and oxygen atoms in total. The van der Waals surface area contributed by atoms with Gasteiger partial charge in [-0.3, -0.25) is 4.90 Å². The van der Waals surface area contributed by atoms with Gasteiger partial charge in [0.25, 0.3) is 0 Å². The SMILES string of the molecule is COc1ccc(CN2CCC([C@@H]3Cc4c(ccc(C)c4O)[C@H](CN)O3)CC2)cc1. The minimum absolute atomic E-state index is 0.118. The van der Waals surface area contributed by atoms with Gasteiger partial charge in [-0.1, -0.05) is 24.3 Å². The van der Waals surface area contributed by atoms with Crippen molar-refractivity contribution in [3.63, 3.8) is 0 Å². The molecule has 2 heterocycles. The first kappa shape index (κ1) is 20.2. The van der Waals surface area contributed by atoms with Crippen LogP contribution in [0.4, 0.5) is 0 Å². The Morgan fingerprint density at radius 1 is 1.14 bits per heavy atom. The molecule has 1 fully saturated rings. The van der Waals surface area contributed by atoms with Crippen molar-refractivity contribution in [2.45, 2.75) is 44.9 Å². The van der Waals surface area contributed by atoms with Crippen molar-refractivity contribution >= 4 is 0 Å². The van der Waals surface area contributed by atoms with Gasteiger partial charge < -0.3 is 20.3 Å². The van der Waals surface area contributed by atoms with E-state index in [-0.39, 0.29) is 12.2 Å². The van der Waals surface area contributed by atoms with E-state index in [4.69, 9.17) is 15.2 Å². The maximum Gasteiger partial charge on any atom is 0.122 e. The minimum atomic E-state index is -0.118. The number of aromatic hydroxyl groups is 1. The van der Waals surface area contributed by atoms with Gasteiger partial charge in [0, 0.05) is 25.1 Å². The van der Waals surface area contributed by atoms with Crippen LogP contribution in [0.15, 0.2) is 36.4 Å². The summed E-state index contributed by atoms with van der Waals surface area (Å²) in [6.45, 7) is 5.50. The number of aryl methyl sites for hydroxylation is 1. The number of nitrogens with two attached hydrogens (primary N) is 1. The number of hydrogen-bond donors (Lipinski definition) is 2. The third kappa shape index (κ3) is 4.27. The second-order valence-corrected chi connectivity index (χ2v) is 8.36. The van der Waals surface area contributed by atoms with Crippen LogP contribution in [0.25, 0.3) is 0 Å². The smallest absolute Gasteiger partial charge is 0.122 e. The van der Waals surface area contributed by atoms with E-state index in [1.807, 2.05) is 25.1 Å². The predicted octanol–water partition coefficient (Wildman–Crippen LogP) is 3.56. The summed E-state index contributed by atoms with van der Waals surface area (Å²) < 4.78 is 11.7. The lowest BCUT2D eigenvalue weighted by atomic mass is 9.83. The Morgan fingerprint density at radius 3 is 2.52 bits per heavy atom. The Labute approximate surface area is 173 Å². The highest BCUT2D eigenvalue weighted by atomic mass is 16.5. The van der Waals surface area contributed by atoms with Crippen LogP contribution in [0.3, 0.4) is 0 Å². The normalized spacial score (nSPS) is 23.0. The molecular weight excluding hydrogens is 364 g/mol. The quantitative estimate of drug-likeness (QED) is 0.809. The molecule has 0 aromatic heterocycles. The summed E-state index contributed by atoms with van der Waals surface area (Å²) >= 11 is 0. The van der Waals surface area contributed by atoms with E-state index in [0.29, 0.717) is 18.2 Å². The maximum atomic E-state index is 10.6. The number of hydrogen-bond acceptors (Lipinski definition) is 5. The van der Waals surface area contributed by atoms with Crippen molar-refractivity contribution in [1.82, 2.24) is 4.90 Å². The van der Waals surface area contributed by atoms with Crippen LogP contribution >= 0.6 is 0 Å². The van der Waals surface area contributed by atoms with Crippen LogP contribution in [-0.4, -0.2) is 42.9 Å². The molecule has 29 heavy (non-hydrogen) atoms. The van der Waals surface area contributed by atoms with Crippen LogP contribution in [-0.2, 0) is 17.7 Å². The number of methoxy groups -OCH3 is 1. The van der Waals surface area contributed by atoms with Crippen molar-refractivity contribution in [3.8, 4) is 11.5 Å². The Hall–Kier alpha value is -2.08. The first-order chi connectivity index (χ1) is 14.1. The zero-order valence-electron chi connectivity index (χ0n) is 17.4.